The molecule has 0 atom stereocenters. The Bertz CT molecular complexity index is 1520. The number of aryl methyl sites for hydroxylation is 1. The van der Waals surface area contributed by atoms with Gasteiger partial charge in [-0.2, -0.15) is 0 Å². The summed E-state index contributed by atoms with van der Waals surface area (Å²) in [5, 5.41) is 7.05. The van der Waals surface area contributed by atoms with Crippen molar-refractivity contribution in [2.45, 2.75) is 0 Å². The minimum Gasteiger partial charge on any atom is -0.378 e. The zero-order chi connectivity index (χ0) is 23.8. The van der Waals surface area contributed by atoms with Crippen LogP contribution in [0.25, 0.3) is 21.3 Å². The number of ether oxygens (including phenoxy) is 1. The number of rotatable bonds is 5. The van der Waals surface area contributed by atoms with Gasteiger partial charge in [0.2, 0.25) is 5.95 Å². The first-order valence-electron chi connectivity index (χ1n) is 11.5. The molecule has 0 bridgehead atoms. The first kappa shape index (κ1) is 21.6. The molecule has 176 valence electrons. The van der Waals surface area contributed by atoms with Gasteiger partial charge in [-0.05, 0) is 54.6 Å². The van der Waals surface area contributed by atoms with Crippen molar-refractivity contribution in [1.29, 1.82) is 0 Å². The molecule has 0 unspecified atom stereocenters. The molecule has 6 rings (SSSR count). The van der Waals surface area contributed by atoms with Crippen molar-refractivity contribution in [3.05, 3.63) is 72.3 Å². The van der Waals surface area contributed by atoms with E-state index in [-0.39, 0.29) is 5.91 Å². The second-order valence-electron chi connectivity index (χ2n) is 8.41. The molecule has 1 amide bonds. The van der Waals surface area contributed by atoms with Gasteiger partial charge < -0.3 is 24.8 Å². The fourth-order valence-electron chi connectivity index (χ4n) is 4.25. The number of fused-ring (bicyclic) bond motifs is 2. The lowest BCUT2D eigenvalue weighted by molar-refractivity contribution is 0.102. The molecule has 3 heterocycles. The van der Waals surface area contributed by atoms with Gasteiger partial charge in [0.25, 0.3) is 5.91 Å². The summed E-state index contributed by atoms with van der Waals surface area (Å²) in [5.74, 6) is 0.577. The summed E-state index contributed by atoms with van der Waals surface area (Å²) in [6, 6.07) is 21.5. The number of anilines is 4. The number of para-hydroxylation sites is 2. The van der Waals surface area contributed by atoms with Gasteiger partial charge in [-0.3, -0.25) is 4.79 Å². The van der Waals surface area contributed by atoms with Gasteiger partial charge in [0.1, 0.15) is 0 Å². The lowest BCUT2D eigenvalue weighted by Gasteiger charge is -2.28. The smallest absolute Gasteiger partial charge is 0.255 e. The summed E-state index contributed by atoms with van der Waals surface area (Å²) in [5.41, 5.74) is 5.30. The van der Waals surface area contributed by atoms with Crippen LogP contribution in [-0.2, 0) is 11.8 Å². The molecule has 3 aromatic carbocycles. The van der Waals surface area contributed by atoms with Crippen LogP contribution in [0.3, 0.4) is 0 Å². The molecule has 1 aliphatic rings. The van der Waals surface area contributed by atoms with Crippen LogP contribution in [0.15, 0.2) is 66.7 Å². The highest BCUT2D eigenvalue weighted by Gasteiger charge is 2.14. The molecular formula is C26H24N6O2S. The minimum atomic E-state index is -0.149. The highest BCUT2D eigenvalue weighted by atomic mass is 32.1. The topological polar surface area (TPSA) is 84.3 Å². The Morgan fingerprint density at radius 2 is 1.77 bits per heavy atom. The molecule has 2 N–H and O–H groups in total. The molecule has 0 saturated carbocycles. The predicted molar refractivity (Wildman–Crippen MR) is 141 cm³/mol. The van der Waals surface area contributed by atoms with Gasteiger partial charge in [0.15, 0.2) is 5.13 Å². The Kier molecular flexibility index (Phi) is 5.55. The van der Waals surface area contributed by atoms with Crippen LogP contribution in [-0.4, -0.2) is 46.7 Å². The van der Waals surface area contributed by atoms with Crippen LogP contribution >= 0.6 is 11.3 Å². The second-order valence-corrected chi connectivity index (χ2v) is 9.44. The Hall–Kier alpha value is -3.95. The van der Waals surface area contributed by atoms with Crippen molar-refractivity contribution >= 4 is 60.9 Å². The lowest BCUT2D eigenvalue weighted by Crippen LogP contribution is -2.36. The molecule has 9 heteroatoms. The monoisotopic (exact) mass is 484 g/mol. The van der Waals surface area contributed by atoms with E-state index in [0.29, 0.717) is 5.56 Å². The first-order chi connectivity index (χ1) is 17.1. The molecular weight excluding hydrogens is 460 g/mol. The van der Waals surface area contributed by atoms with E-state index < -0.39 is 0 Å². The number of nitrogens with one attached hydrogen (secondary N) is 2. The average Bonchev–Trinajstić information content (AvgIpc) is 3.44. The summed E-state index contributed by atoms with van der Waals surface area (Å²) in [7, 11) is 1.97. The number of morpholine rings is 1. The largest absolute Gasteiger partial charge is 0.378 e. The molecule has 8 nitrogen and oxygen atoms in total. The maximum atomic E-state index is 12.9. The SMILES string of the molecule is Cn1c(Nc2nc3ccc(C(=O)Nc4ccc(N5CCOCC5)cc4)cc3s2)nc2ccccc21. The fourth-order valence-corrected chi connectivity index (χ4v) is 5.15. The lowest BCUT2D eigenvalue weighted by atomic mass is 10.2. The van der Waals surface area contributed by atoms with Crippen LogP contribution in [0, 0.1) is 0 Å². The van der Waals surface area contributed by atoms with Crippen molar-refractivity contribution < 1.29 is 9.53 Å². The normalized spacial score (nSPS) is 13.9. The number of hydrogen-bond donors (Lipinski definition) is 2. The number of aromatic nitrogens is 3. The second kappa shape index (κ2) is 9.01. The summed E-state index contributed by atoms with van der Waals surface area (Å²) in [6.45, 7) is 3.25. The van der Waals surface area contributed by atoms with E-state index in [1.165, 1.54) is 11.3 Å². The van der Waals surface area contributed by atoms with Crippen LogP contribution in [0.4, 0.5) is 22.5 Å². The number of thiazole rings is 1. The summed E-state index contributed by atoms with van der Waals surface area (Å²) < 4.78 is 8.35. The minimum absolute atomic E-state index is 0.149. The van der Waals surface area contributed by atoms with Crippen LogP contribution in [0.5, 0.6) is 0 Å². The maximum Gasteiger partial charge on any atom is 0.255 e. The van der Waals surface area contributed by atoms with Crippen LogP contribution in [0.2, 0.25) is 0 Å². The highest BCUT2D eigenvalue weighted by Crippen LogP contribution is 2.30. The average molecular weight is 485 g/mol. The third-order valence-electron chi connectivity index (χ3n) is 6.16. The van der Waals surface area contributed by atoms with Crippen molar-refractivity contribution in [2.75, 3.05) is 41.8 Å². The molecule has 1 saturated heterocycles. The number of benzene rings is 3. The predicted octanol–water partition coefficient (Wildman–Crippen LogP) is 5.02. The third-order valence-corrected chi connectivity index (χ3v) is 7.09. The Balaban J connectivity index is 1.17. The highest BCUT2D eigenvalue weighted by molar-refractivity contribution is 7.22. The van der Waals surface area contributed by atoms with Gasteiger partial charge in [-0.25, -0.2) is 9.97 Å². The van der Waals surface area contributed by atoms with Gasteiger partial charge >= 0.3 is 0 Å². The van der Waals surface area contributed by atoms with Gasteiger partial charge in [0, 0.05) is 37.1 Å². The number of carbonyl (C=O) groups excluding carboxylic acids is 1. The summed E-state index contributed by atoms with van der Waals surface area (Å²) in [6.07, 6.45) is 0. The van der Waals surface area contributed by atoms with Crippen molar-refractivity contribution in [3.8, 4) is 0 Å². The van der Waals surface area contributed by atoms with Gasteiger partial charge in [0.05, 0.1) is 34.5 Å². The van der Waals surface area contributed by atoms with Crippen LogP contribution in [0.1, 0.15) is 10.4 Å². The Morgan fingerprint density at radius 1 is 0.971 bits per heavy atom. The molecule has 1 aliphatic heterocycles. The van der Waals surface area contributed by atoms with E-state index in [4.69, 9.17) is 4.74 Å². The first-order valence-corrected chi connectivity index (χ1v) is 12.3. The fraction of sp³-hybridized carbons (Fsp3) is 0.192. The molecule has 5 aromatic rings. The van der Waals surface area contributed by atoms with E-state index >= 15 is 0 Å². The van der Waals surface area contributed by atoms with E-state index in [0.717, 1.165) is 70.0 Å². The molecule has 0 spiro atoms. The van der Waals surface area contributed by atoms with E-state index in [1.54, 1.807) is 6.07 Å². The molecule has 0 radical (unpaired) electrons. The third kappa shape index (κ3) is 4.31. The zero-order valence-electron chi connectivity index (χ0n) is 19.2. The van der Waals surface area contributed by atoms with E-state index in [9.17, 15) is 4.79 Å². The number of hydrogen-bond acceptors (Lipinski definition) is 7. The number of imidazole rings is 1. The Morgan fingerprint density at radius 3 is 2.57 bits per heavy atom. The van der Waals surface area contributed by atoms with Crippen molar-refractivity contribution in [1.82, 2.24) is 14.5 Å². The molecule has 0 aliphatic carbocycles. The van der Waals surface area contributed by atoms with Gasteiger partial charge in [-0.15, -0.1) is 0 Å². The number of carbonyl (C=O) groups is 1. The van der Waals surface area contributed by atoms with Crippen molar-refractivity contribution in [2.24, 2.45) is 7.05 Å². The number of nitrogens with zero attached hydrogens (tertiary/aromatic N) is 4. The standard InChI is InChI=1S/C26H24N6O2S/c1-31-22-5-3-2-4-20(22)28-25(31)30-26-29-21-11-6-17(16-23(21)35-26)24(33)27-18-7-9-19(10-8-18)32-12-14-34-15-13-32/h2-11,16H,12-15H2,1H3,(H,27,33)(H,28,29,30). The quantitative estimate of drug-likeness (QED) is 0.365. The van der Waals surface area contributed by atoms with Crippen LogP contribution < -0.4 is 15.5 Å². The molecule has 1 fully saturated rings. The van der Waals surface area contributed by atoms with E-state index in [2.05, 4.69) is 25.5 Å². The molecule has 2 aromatic heterocycles. The van der Waals surface area contributed by atoms with Crippen molar-refractivity contribution in [3.63, 3.8) is 0 Å². The Labute approximate surface area is 206 Å². The summed E-state index contributed by atoms with van der Waals surface area (Å²) >= 11 is 1.50. The zero-order valence-corrected chi connectivity index (χ0v) is 20.0. The van der Waals surface area contributed by atoms with E-state index in [1.807, 2.05) is 72.3 Å². The maximum absolute atomic E-state index is 12.9. The molecule has 35 heavy (non-hydrogen) atoms. The summed E-state index contributed by atoms with van der Waals surface area (Å²) in [4.78, 5) is 24.5. The van der Waals surface area contributed by atoms with Gasteiger partial charge in [-0.1, -0.05) is 23.5 Å². The number of amides is 1.